The molecule has 0 radical (unpaired) electrons. The minimum Gasteiger partial charge on any atom is -0.477 e. The van der Waals surface area contributed by atoms with Gasteiger partial charge in [0.15, 0.2) is 17.2 Å². The Morgan fingerprint density at radius 1 is 1.07 bits per heavy atom. The third-order valence-corrected chi connectivity index (χ3v) is 6.81. The van der Waals surface area contributed by atoms with Gasteiger partial charge >= 0.3 is 5.97 Å². The summed E-state index contributed by atoms with van der Waals surface area (Å²) in [4.78, 5) is 32.0. The van der Waals surface area contributed by atoms with Gasteiger partial charge in [0.25, 0.3) is 5.88 Å². The van der Waals surface area contributed by atoms with Crippen LogP contribution in [0.2, 0.25) is 0 Å². The molecule has 1 aromatic carbocycles. The largest absolute Gasteiger partial charge is 0.477 e. The SMILES string of the molecule is N#Cc1cnc(COc2nc(-c3ccc(Cc4nc5ccc(C(=O)O)nc5n4CC4CCO4)cc3F)ncc2F)c(F)c1. The van der Waals surface area contributed by atoms with Gasteiger partial charge in [-0.2, -0.15) is 14.6 Å². The van der Waals surface area contributed by atoms with E-state index in [1.165, 1.54) is 18.2 Å². The number of ether oxygens (including phenoxy) is 2. The maximum Gasteiger partial charge on any atom is 0.354 e. The number of fused-ring (bicyclic) bond motifs is 1. The monoisotopic (exact) mass is 587 g/mol. The molecule has 5 aromatic rings. The molecule has 1 atom stereocenters. The van der Waals surface area contributed by atoms with Gasteiger partial charge in [0.1, 0.15) is 41.3 Å². The molecule has 216 valence electrons. The lowest BCUT2D eigenvalue weighted by Gasteiger charge is -2.27. The number of carboxylic acid groups (broad SMARTS) is 1. The fourth-order valence-electron chi connectivity index (χ4n) is 4.51. The van der Waals surface area contributed by atoms with Crippen molar-refractivity contribution in [3.8, 4) is 23.3 Å². The molecular weight excluding hydrogens is 567 g/mol. The normalized spacial score (nSPS) is 14.3. The molecule has 14 heteroatoms. The zero-order chi connectivity index (χ0) is 30.1. The van der Waals surface area contributed by atoms with Crippen molar-refractivity contribution in [2.45, 2.75) is 32.1 Å². The third-order valence-electron chi connectivity index (χ3n) is 6.81. The van der Waals surface area contributed by atoms with E-state index < -0.39 is 35.9 Å². The smallest absolute Gasteiger partial charge is 0.354 e. The molecule has 1 aliphatic rings. The second kappa shape index (κ2) is 11.5. The van der Waals surface area contributed by atoms with Crippen LogP contribution in [-0.2, 0) is 24.3 Å². The number of carboxylic acids is 1. The van der Waals surface area contributed by atoms with E-state index in [0.29, 0.717) is 35.7 Å². The summed E-state index contributed by atoms with van der Waals surface area (Å²) in [5, 5.41) is 18.2. The van der Waals surface area contributed by atoms with Crippen LogP contribution in [0.25, 0.3) is 22.6 Å². The van der Waals surface area contributed by atoms with Gasteiger partial charge in [-0.05, 0) is 42.3 Å². The molecule has 1 fully saturated rings. The molecule has 0 amide bonds. The average molecular weight is 588 g/mol. The Labute approximate surface area is 241 Å². The lowest BCUT2D eigenvalue weighted by atomic mass is 10.1. The zero-order valence-corrected chi connectivity index (χ0v) is 22.2. The Bertz CT molecular complexity index is 1920. The molecule has 5 heterocycles. The molecule has 11 nitrogen and oxygen atoms in total. The summed E-state index contributed by atoms with van der Waals surface area (Å²) in [5.74, 6) is -3.74. The fourth-order valence-corrected chi connectivity index (χ4v) is 4.51. The number of rotatable bonds is 9. The number of nitriles is 1. The van der Waals surface area contributed by atoms with Crippen LogP contribution >= 0.6 is 0 Å². The van der Waals surface area contributed by atoms with Crippen LogP contribution in [0.5, 0.6) is 5.88 Å². The molecule has 1 unspecified atom stereocenters. The summed E-state index contributed by atoms with van der Waals surface area (Å²) in [5.41, 5.74) is 1.14. The first kappa shape index (κ1) is 27.7. The Morgan fingerprint density at radius 3 is 2.60 bits per heavy atom. The van der Waals surface area contributed by atoms with Crippen LogP contribution in [0.3, 0.4) is 0 Å². The van der Waals surface area contributed by atoms with Crippen molar-refractivity contribution in [2.75, 3.05) is 6.61 Å². The highest BCUT2D eigenvalue weighted by Gasteiger charge is 2.24. The van der Waals surface area contributed by atoms with E-state index in [4.69, 9.17) is 14.7 Å². The van der Waals surface area contributed by atoms with E-state index in [0.717, 1.165) is 24.9 Å². The molecule has 43 heavy (non-hydrogen) atoms. The van der Waals surface area contributed by atoms with Crippen LogP contribution in [0.15, 0.2) is 48.8 Å². The molecule has 1 N–H and O–H groups in total. The number of benzene rings is 1. The summed E-state index contributed by atoms with van der Waals surface area (Å²) in [6, 6.07) is 10.0. The van der Waals surface area contributed by atoms with Crippen molar-refractivity contribution in [2.24, 2.45) is 0 Å². The van der Waals surface area contributed by atoms with Gasteiger partial charge < -0.3 is 19.1 Å². The van der Waals surface area contributed by atoms with E-state index >= 15 is 4.39 Å². The molecule has 4 aromatic heterocycles. The summed E-state index contributed by atoms with van der Waals surface area (Å²) in [7, 11) is 0. The number of aromatic carboxylic acids is 1. The second-order valence-electron chi connectivity index (χ2n) is 9.66. The van der Waals surface area contributed by atoms with Crippen molar-refractivity contribution >= 4 is 17.1 Å². The third kappa shape index (κ3) is 5.70. The van der Waals surface area contributed by atoms with Gasteiger partial charge in [-0.25, -0.2) is 28.5 Å². The van der Waals surface area contributed by atoms with E-state index in [1.807, 2.05) is 0 Å². The molecule has 0 saturated carbocycles. The van der Waals surface area contributed by atoms with Gasteiger partial charge in [0, 0.05) is 19.2 Å². The number of halogens is 3. The van der Waals surface area contributed by atoms with Crippen molar-refractivity contribution in [1.29, 1.82) is 5.26 Å². The predicted octanol–water partition coefficient (Wildman–Crippen LogP) is 4.23. The first-order valence-corrected chi connectivity index (χ1v) is 13.0. The predicted molar refractivity (Wildman–Crippen MR) is 142 cm³/mol. The number of nitrogens with zero attached hydrogens (tertiary/aromatic N) is 7. The highest BCUT2D eigenvalue weighted by atomic mass is 19.1. The van der Waals surface area contributed by atoms with Gasteiger partial charge in [-0.15, -0.1) is 0 Å². The van der Waals surface area contributed by atoms with Crippen molar-refractivity contribution in [3.05, 3.63) is 94.6 Å². The Hall–Kier alpha value is -5.42. The van der Waals surface area contributed by atoms with Crippen LogP contribution in [0.1, 0.15) is 39.6 Å². The van der Waals surface area contributed by atoms with Gasteiger partial charge in [0.05, 0.1) is 30.0 Å². The minimum absolute atomic E-state index is 0.0179. The molecule has 0 aliphatic carbocycles. The number of imidazole rings is 1. The average Bonchev–Trinajstić information content (AvgIpc) is 3.31. The molecule has 0 spiro atoms. The van der Waals surface area contributed by atoms with Crippen molar-refractivity contribution < 1.29 is 32.5 Å². The number of aromatic nitrogens is 6. The quantitative estimate of drug-likeness (QED) is 0.266. The summed E-state index contributed by atoms with van der Waals surface area (Å²) < 4.78 is 56.5. The van der Waals surface area contributed by atoms with Gasteiger partial charge in [-0.1, -0.05) is 6.07 Å². The maximum atomic E-state index is 15.3. The summed E-state index contributed by atoms with van der Waals surface area (Å²) >= 11 is 0. The van der Waals surface area contributed by atoms with Crippen LogP contribution in [0.4, 0.5) is 13.2 Å². The minimum atomic E-state index is -1.16. The van der Waals surface area contributed by atoms with E-state index in [1.54, 1.807) is 22.8 Å². The molecule has 1 aliphatic heterocycles. The zero-order valence-electron chi connectivity index (χ0n) is 22.2. The first-order chi connectivity index (χ1) is 20.8. The first-order valence-electron chi connectivity index (χ1n) is 13.0. The van der Waals surface area contributed by atoms with Crippen molar-refractivity contribution in [3.63, 3.8) is 0 Å². The van der Waals surface area contributed by atoms with Crippen LogP contribution < -0.4 is 4.74 Å². The Kier molecular flexibility index (Phi) is 7.39. The van der Waals surface area contributed by atoms with Gasteiger partial charge in [0.2, 0.25) is 5.82 Å². The van der Waals surface area contributed by atoms with E-state index in [-0.39, 0.29) is 40.9 Å². The van der Waals surface area contributed by atoms with Crippen LogP contribution in [-0.4, -0.2) is 53.3 Å². The maximum absolute atomic E-state index is 15.3. The highest BCUT2D eigenvalue weighted by Crippen LogP contribution is 2.27. The number of hydrogen-bond acceptors (Lipinski definition) is 9. The summed E-state index contributed by atoms with van der Waals surface area (Å²) in [6.45, 7) is 0.563. The highest BCUT2D eigenvalue weighted by molar-refractivity contribution is 5.88. The van der Waals surface area contributed by atoms with Crippen LogP contribution in [0, 0.1) is 28.8 Å². The van der Waals surface area contributed by atoms with E-state index in [2.05, 4.69) is 24.9 Å². The molecular formula is C29H20F3N7O4. The molecule has 6 rings (SSSR count). The molecule has 1 saturated heterocycles. The van der Waals surface area contributed by atoms with Crippen molar-refractivity contribution in [1.82, 2.24) is 29.5 Å². The summed E-state index contributed by atoms with van der Waals surface area (Å²) in [6.07, 6.45) is 2.94. The topological polar surface area (TPSA) is 149 Å². The Morgan fingerprint density at radius 2 is 1.91 bits per heavy atom. The van der Waals surface area contributed by atoms with E-state index in [9.17, 15) is 18.7 Å². The number of pyridine rings is 2. The lowest BCUT2D eigenvalue weighted by molar-refractivity contribution is -0.0590. The molecule has 0 bridgehead atoms. The number of hydrogen-bond donors (Lipinski definition) is 1. The standard InChI is InChI=1S/C29H20F3N7O4/c30-19-7-15(9-25-36-22-3-4-23(29(40)41)37-27(22)39(25)13-17-5-6-42-17)1-2-18(19)26-35-12-21(32)28(38-26)43-14-24-20(31)8-16(10-33)11-34-24/h1-4,7-8,11-12,17H,5-6,9,13-14H2,(H,40,41). The number of carbonyl (C=O) groups is 1. The lowest BCUT2D eigenvalue weighted by Crippen LogP contribution is -2.32. The Balaban J connectivity index is 1.25. The van der Waals surface area contributed by atoms with Gasteiger partial charge in [-0.3, -0.25) is 4.98 Å². The fraction of sp³-hybridized carbons (Fsp3) is 0.207. The second-order valence-corrected chi connectivity index (χ2v) is 9.66.